The summed E-state index contributed by atoms with van der Waals surface area (Å²) in [7, 11) is 0. The summed E-state index contributed by atoms with van der Waals surface area (Å²) in [6.07, 6.45) is 3.37. The normalized spacial score (nSPS) is 25.5. The third-order valence-corrected chi connectivity index (χ3v) is 5.41. The minimum absolute atomic E-state index is 0.202. The van der Waals surface area contributed by atoms with Gasteiger partial charge in [-0.1, -0.05) is 60.2 Å². The second-order valence-corrected chi connectivity index (χ2v) is 7.24. The Labute approximate surface area is 144 Å². The maximum atomic E-state index is 6.62. The standard InChI is InChI=1S/C22H25NO/c1-17(2)12-14-23-15-13-22(18-8-4-3-5-9-18)20(16-23)19-10-6-7-11-21(19)24-22/h3-12,20H,13-16H2,1-2H3/t20-,22+/m1/s1. The number of allylic oxidation sites excluding steroid dienone is 1. The number of hydrogen-bond acceptors (Lipinski definition) is 2. The first-order valence-corrected chi connectivity index (χ1v) is 8.88. The van der Waals surface area contributed by atoms with E-state index in [-0.39, 0.29) is 5.60 Å². The summed E-state index contributed by atoms with van der Waals surface area (Å²) in [5.74, 6) is 1.46. The topological polar surface area (TPSA) is 12.5 Å². The van der Waals surface area contributed by atoms with Gasteiger partial charge in [0.15, 0.2) is 0 Å². The van der Waals surface area contributed by atoms with E-state index in [1.165, 1.54) is 16.7 Å². The summed E-state index contributed by atoms with van der Waals surface area (Å²) >= 11 is 0. The van der Waals surface area contributed by atoms with E-state index < -0.39 is 0 Å². The van der Waals surface area contributed by atoms with Gasteiger partial charge in [-0.05, 0) is 25.5 Å². The molecule has 4 rings (SSSR count). The summed E-state index contributed by atoms with van der Waals surface area (Å²) in [5.41, 5.74) is 3.86. The number of para-hydroxylation sites is 1. The fourth-order valence-electron chi connectivity index (χ4n) is 4.13. The van der Waals surface area contributed by atoms with Crippen LogP contribution in [0.5, 0.6) is 5.75 Å². The molecule has 0 amide bonds. The minimum Gasteiger partial charge on any atom is -0.482 e. The Morgan fingerprint density at radius 1 is 1.12 bits per heavy atom. The van der Waals surface area contributed by atoms with Gasteiger partial charge in [0.25, 0.3) is 0 Å². The molecule has 0 saturated carbocycles. The number of rotatable bonds is 3. The van der Waals surface area contributed by atoms with Crippen LogP contribution < -0.4 is 4.74 Å². The SMILES string of the molecule is CC(C)=CCN1CC[C@@]2(c3ccccc3)Oc3ccccc3[C@H]2C1. The van der Waals surface area contributed by atoms with Crippen LogP contribution in [0.4, 0.5) is 0 Å². The zero-order valence-electron chi connectivity index (χ0n) is 14.5. The van der Waals surface area contributed by atoms with Crippen LogP contribution in [0.25, 0.3) is 0 Å². The van der Waals surface area contributed by atoms with Crippen molar-refractivity contribution in [2.75, 3.05) is 19.6 Å². The Hall–Kier alpha value is -2.06. The lowest BCUT2D eigenvalue weighted by molar-refractivity contribution is 0.00300. The second kappa shape index (κ2) is 6.10. The zero-order valence-corrected chi connectivity index (χ0v) is 14.5. The maximum Gasteiger partial charge on any atom is 0.143 e. The molecule has 0 aromatic heterocycles. The van der Waals surface area contributed by atoms with Gasteiger partial charge in [0.2, 0.25) is 0 Å². The third kappa shape index (κ3) is 2.55. The molecule has 0 N–H and O–H groups in total. The van der Waals surface area contributed by atoms with Gasteiger partial charge in [-0.25, -0.2) is 0 Å². The molecule has 0 aliphatic carbocycles. The molecule has 2 heterocycles. The maximum absolute atomic E-state index is 6.62. The van der Waals surface area contributed by atoms with Crippen molar-refractivity contribution in [1.82, 2.24) is 4.90 Å². The van der Waals surface area contributed by atoms with Gasteiger partial charge >= 0.3 is 0 Å². The quantitative estimate of drug-likeness (QED) is 0.758. The number of piperidine rings is 1. The fourth-order valence-corrected chi connectivity index (χ4v) is 4.13. The largest absolute Gasteiger partial charge is 0.482 e. The van der Waals surface area contributed by atoms with Crippen LogP contribution in [0.15, 0.2) is 66.2 Å². The van der Waals surface area contributed by atoms with Crippen LogP contribution in [0.1, 0.15) is 37.3 Å². The van der Waals surface area contributed by atoms with Gasteiger partial charge in [0.1, 0.15) is 11.4 Å². The molecule has 24 heavy (non-hydrogen) atoms. The van der Waals surface area contributed by atoms with Gasteiger partial charge in [0.05, 0.1) is 0 Å². The molecule has 2 aromatic carbocycles. The lowest BCUT2D eigenvalue weighted by Gasteiger charge is -2.43. The first kappa shape index (κ1) is 15.5. The summed E-state index contributed by atoms with van der Waals surface area (Å²) in [5, 5.41) is 0. The van der Waals surface area contributed by atoms with E-state index in [1.807, 2.05) is 0 Å². The van der Waals surface area contributed by atoms with Crippen LogP contribution in [-0.2, 0) is 5.60 Å². The molecule has 0 bridgehead atoms. The number of likely N-dealkylation sites (tertiary alicyclic amines) is 1. The van der Waals surface area contributed by atoms with Crippen LogP contribution in [0, 0.1) is 0 Å². The molecule has 0 unspecified atom stereocenters. The lowest BCUT2D eigenvalue weighted by atomic mass is 9.74. The smallest absolute Gasteiger partial charge is 0.143 e. The van der Waals surface area contributed by atoms with E-state index in [9.17, 15) is 0 Å². The van der Waals surface area contributed by atoms with Gasteiger partial charge in [-0.2, -0.15) is 0 Å². The summed E-state index contributed by atoms with van der Waals surface area (Å²) in [4.78, 5) is 2.56. The van der Waals surface area contributed by atoms with Gasteiger partial charge in [-0.15, -0.1) is 0 Å². The molecular weight excluding hydrogens is 294 g/mol. The number of nitrogens with zero attached hydrogens (tertiary/aromatic N) is 1. The third-order valence-electron chi connectivity index (χ3n) is 5.41. The average molecular weight is 319 g/mol. The van der Waals surface area contributed by atoms with E-state index in [0.717, 1.165) is 31.8 Å². The molecule has 2 aliphatic heterocycles. The van der Waals surface area contributed by atoms with E-state index in [2.05, 4.69) is 79.4 Å². The average Bonchev–Trinajstić information content (AvgIpc) is 2.96. The van der Waals surface area contributed by atoms with Crippen molar-refractivity contribution in [3.63, 3.8) is 0 Å². The van der Waals surface area contributed by atoms with E-state index in [4.69, 9.17) is 4.74 Å². The van der Waals surface area contributed by atoms with Crippen molar-refractivity contribution < 1.29 is 4.74 Å². The van der Waals surface area contributed by atoms with Crippen molar-refractivity contribution in [1.29, 1.82) is 0 Å². The number of hydrogen-bond donors (Lipinski definition) is 0. The van der Waals surface area contributed by atoms with Crippen LogP contribution >= 0.6 is 0 Å². The molecule has 1 fully saturated rings. The number of ether oxygens (including phenoxy) is 1. The second-order valence-electron chi connectivity index (χ2n) is 7.24. The van der Waals surface area contributed by atoms with Gasteiger partial charge in [0, 0.05) is 37.5 Å². The molecule has 124 valence electrons. The molecule has 2 heteroatoms. The number of benzene rings is 2. The Balaban J connectivity index is 1.71. The molecule has 0 spiro atoms. The van der Waals surface area contributed by atoms with E-state index >= 15 is 0 Å². The molecule has 0 radical (unpaired) electrons. The monoisotopic (exact) mass is 319 g/mol. The summed E-state index contributed by atoms with van der Waals surface area (Å²) in [6.45, 7) is 7.50. The van der Waals surface area contributed by atoms with Crippen LogP contribution in [-0.4, -0.2) is 24.5 Å². The van der Waals surface area contributed by atoms with E-state index in [0.29, 0.717) is 5.92 Å². The van der Waals surface area contributed by atoms with Gasteiger partial charge in [-0.3, -0.25) is 4.90 Å². The van der Waals surface area contributed by atoms with Crippen molar-refractivity contribution in [2.24, 2.45) is 0 Å². The van der Waals surface area contributed by atoms with E-state index in [1.54, 1.807) is 0 Å². The molecule has 2 aromatic rings. The molecule has 2 nitrogen and oxygen atoms in total. The highest BCUT2D eigenvalue weighted by molar-refractivity contribution is 5.47. The Morgan fingerprint density at radius 2 is 1.88 bits per heavy atom. The van der Waals surface area contributed by atoms with Crippen LogP contribution in [0.2, 0.25) is 0 Å². The summed E-state index contributed by atoms with van der Waals surface area (Å²) in [6, 6.07) is 19.4. The molecule has 1 saturated heterocycles. The van der Waals surface area contributed by atoms with Crippen molar-refractivity contribution >= 4 is 0 Å². The predicted molar refractivity (Wildman–Crippen MR) is 98.4 cm³/mol. The van der Waals surface area contributed by atoms with Gasteiger partial charge < -0.3 is 4.74 Å². The van der Waals surface area contributed by atoms with Crippen molar-refractivity contribution in [3.8, 4) is 5.75 Å². The fraction of sp³-hybridized carbons (Fsp3) is 0.364. The van der Waals surface area contributed by atoms with Crippen molar-refractivity contribution in [3.05, 3.63) is 77.4 Å². The Bertz CT molecular complexity index is 748. The Kier molecular flexibility index (Phi) is 3.93. The minimum atomic E-state index is -0.202. The molecule has 2 atom stereocenters. The lowest BCUT2D eigenvalue weighted by Crippen LogP contribution is -2.49. The predicted octanol–water partition coefficient (Wildman–Crippen LogP) is 4.73. The zero-order chi connectivity index (χ0) is 16.6. The number of fused-ring (bicyclic) bond motifs is 3. The first-order valence-electron chi connectivity index (χ1n) is 8.88. The molecule has 2 aliphatic rings. The summed E-state index contributed by atoms with van der Waals surface area (Å²) < 4.78 is 6.62. The highest BCUT2D eigenvalue weighted by atomic mass is 16.5. The van der Waals surface area contributed by atoms with Crippen molar-refractivity contribution in [2.45, 2.75) is 31.8 Å². The Morgan fingerprint density at radius 3 is 2.67 bits per heavy atom. The molecular formula is C22H25NO. The highest BCUT2D eigenvalue weighted by Gasteiger charge is 2.52. The first-order chi connectivity index (χ1) is 11.7. The highest BCUT2D eigenvalue weighted by Crippen LogP contribution is 2.54. The van der Waals surface area contributed by atoms with Crippen LogP contribution in [0.3, 0.4) is 0 Å².